The second kappa shape index (κ2) is 6.21. The number of rotatable bonds is 5. The minimum absolute atomic E-state index is 0.278. The molecule has 0 fully saturated rings. The molecule has 0 atom stereocenters. The van der Waals surface area contributed by atoms with Gasteiger partial charge >= 0.3 is 0 Å². The fourth-order valence-electron chi connectivity index (χ4n) is 2.01. The Morgan fingerprint density at radius 1 is 1.29 bits per heavy atom. The van der Waals surface area contributed by atoms with Gasteiger partial charge in [0.1, 0.15) is 5.76 Å². The molecule has 0 unspecified atom stereocenters. The Hall–Kier alpha value is -2.63. The molecule has 3 N–H and O–H groups in total. The normalized spacial score (nSPS) is 10.2. The Morgan fingerprint density at radius 3 is 2.57 bits per heavy atom. The van der Waals surface area contributed by atoms with Crippen LogP contribution in [0.5, 0.6) is 11.5 Å². The van der Waals surface area contributed by atoms with Crippen molar-refractivity contribution in [1.82, 2.24) is 0 Å². The van der Waals surface area contributed by atoms with E-state index in [1.54, 1.807) is 18.2 Å². The third kappa shape index (κ3) is 2.94. The lowest BCUT2D eigenvalue weighted by Crippen LogP contribution is -2.14. The van der Waals surface area contributed by atoms with Crippen LogP contribution >= 0.6 is 0 Å². The molecule has 0 saturated carbocycles. The van der Waals surface area contributed by atoms with Crippen molar-refractivity contribution < 1.29 is 18.7 Å². The summed E-state index contributed by atoms with van der Waals surface area (Å²) in [4.78, 5) is 12.3. The molecule has 21 heavy (non-hydrogen) atoms. The topological polar surface area (TPSA) is 86.7 Å². The molecule has 2 rings (SSSR count). The maximum atomic E-state index is 12.3. The summed E-state index contributed by atoms with van der Waals surface area (Å²) in [7, 11) is 3.04. The van der Waals surface area contributed by atoms with Crippen molar-refractivity contribution in [1.29, 1.82) is 0 Å². The van der Waals surface area contributed by atoms with Gasteiger partial charge in [0.05, 0.1) is 37.4 Å². The highest BCUT2D eigenvalue weighted by molar-refractivity contribution is 6.06. The fourth-order valence-corrected chi connectivity index (χ4v) is 2.01. The zero-order valence-electron chi connectivity index (χ0n) is 12.2. The van der Waals surface area contributed by atoms with Crippen LogP contribution < -0.4 is 20.5 Å². The van der Waals surface area contributed by atoms with Gasteiger partial charge in [-0.3, -0.25) is 4.79 Å². The van der Waals surface area contributed by atoms with Crippen LogP contribution in [0, 0.1) is 0 Å². The van der Waals surface area contributed by atoms with Gasteiger partial charge < -0.3 is 24.9 Å². The van der Waals surface area contributed by atoms with E-state index in [0.29, 0.717) is 40.6 Å². The number of carbonyl (C=O) groups excluding carboxylic acids is 1. The molecule has 0 saturated heterocycles. The molecule has 1 amide bonds. The minimum Gasteiger partial charge on any atom is -0.493 e. The minimum atomic E-state index is -0.278. The number of amides is 1. The molecule has 0 bridgehead atoms. The van der Waals surface area contributed by atoms with Crippen LogP contribution in [-0.4, -0.2) is 20.1 Å². The largest absolute Gasteiger partial charge is 0.493 e. The molecule has 0 aliphatic carbocycles. The number of nitrogen functional groups attached to an aromatic ring is 1. The Kier molecular flexibility index (Phi) is 4.37. The van der Waals surface area contributed by atoms with E-state index in [2.05, 4.69) is 5.32 Å². The first kappa shape index (κ1) is 14.8. The van der Waals surface area contributed by atoms with Crippen LogP contribution in [0.25, 0.3) is 0 Å². The van der Waals surface area contributed by atoms with E-state index < -0.39 is 0 Å². The second-order valence-electron chi connectivity index (χ2n) is 4.36. The van der Waals surface area contributed by atoms with Crippen LogP contribution in [-0.2, 0) is 6.42 Å². The maximum Gasteiger partial charge on any atom is 0.259 e. The summed E-state index contributed by atoms with van der Waals surface area (Å²) in [5.41, 5.74) is 7.26. The van der Waals surface area contributed by atoms with Gasteiger partial charge in [0.15, 0.2) is 11.5 Å². The Labute approximate surface area is 122 Å². The van der Waals surface area contributed by atoms with Crippen molar-refractivity contribution in [3.05, 3.63) is 35.8 Å². The first-order valence-electron chi connectivity index (χ1n) is 6.49. The number of aryl methyl sites for hydroxylation is 1. The zero-order valence-corrected chi connectivity index (χ0v) is 12.2. The molecule has 1 aromatic carbocycles. The molecule has 1 aromatic heterocycles. The predicted octanol–water partition coefficient (Wildman–Crippen LogP) is 2.69. The average Bonchev–Trinajstić information content (AvgIpc) is 2.97. The number of furan rings is 1. The lowest BCUT2D eigenvalue weighted by atomic mass is 10.2. The van der Waals surface area contributed by atoms with Crippen molar-refractivity contribution in [3.63, 3.8) is 0 Å². The van der Waals surface area contributed by atoms with Crippen molar-refractivity contribution in [2.24, 2.45) is 0 Å². The first-order valence-corrected chi connectivity index (χ1v) is 6.49. The van der Waals surface area contributed by atoms with E-state index >= 15 is 0 Å². The standard InChI is InChI=1S/C15H18N2O4/c1-4-12-9(5-6-21-12)15(18)17-11-8-14(20-3)13(19-2)7-10(11)16/h5-8H,4,16H2,1-3H3,(H,17,18). The lowest BCUT2D eigenvalue weighted by Gasteiger charge is -2.13. The highest BCUT2D eigenvalue weighted by Crippen LogP contribution is 2.35. The summed E-state index contributed by atoms with van der Waals surface area (Å²) in [6, 6.07) is 4.85. The number of methoxy groups -OCH3 is 2. The summed E-state index contributed by atoms with van der Waals surface area (Å²) in [6.45, 7) is 1.92. The highest BCUT2D eigenvalue weighted by atomic mass is 16.5. The number of benzene rings is 1. The molecule has 0 aliphatic heterocycles. The quantitative estimate of drug-likeness (QED) is 0.827. The number of ether oxygens (including phenoxy) is 2. The van der Waals surface area contributed by atoms with E-state index in [9.17, 15) is 4.79 Å². The molecule has 6 heteroatoms. The number of hydrogen-bond acceptors (Lipinski definition) is 5. The number of carbonyl (C=O) groups is 1. The van der Waals surface area contributed by atoms with Gasteiger partial charge in [-0.05, 0) is 6.07 Å². The van der Waals surface area contributed by atoms with Gasteiger partial charge in [0.25, 0.3) is 5.91 Å². The van der Waals surface area contributed by atoms with Crippen molar-refractivity contribution >= 4 is 17.3 Å². The van der Waals surface area contributed by atoms with Gasteiger partial charge in [-0.2, -0.15) is 0 Å². The van der Waals surface area contributed by atoms with Gasteiger partial charge in [-0.25, -0.2) is 0 Å². The van der Waals surface area contributed by atoms with E-state index in [1.165, 1.54) is 20.5 Å². The van der Waals surface area contributed by atoms with E-state index in [0.717, 1.165) is 0 Å². The van der Waals surface area contributed by atoms with Crippen molar-refractivity contribution in [2.75, 3.05) is 25.3 Å². The van der Waals surface area contributed by atoms with Gasteiger partial charge in [-0.15, -0.1) is 0 Å². The number of anilines is 2. The second-order valence-corrected chi connectivity index (χ2v) is 4.36. The Bertz CT molecular complexity index is 649. The summed E-state index contributed by atoms with van der Waals surface area (Å²) in [5, 5.41) is 2.75. The third-order valence-corrected chi connectivity index (χ3v) is 3.12. The molecule has 0 aliphatic rings. The van der Waals surface area contributed by atoms with E-state index in [4.69, 9.17) is 19.6 Å². The molecular weight excluding hydrogens is 272 g/mol. The average molecular weight is 290 g/mol. The Morgan fingerprint density at radius 2 is 1.95 bits per heavy atom. The molecule has 2 aromatic rings. The van der Waals surface area contributed by atoms with E-state index in [-0.39, 0.29) is 5.91 Å². The van der Waals surface area contributed by atoms with Crippen molar-refractivity contribution in [2.45, 2.75) is 13.3 Å². The van der Waals surface area contributed by atoms with Gasteiger partial charge in [0, 0.05) is 18.6 Å². The number of nitrogens with two attached hydrogens (primary N) is 1. The zero-order chi connectivity index (χ0) is 15.4. The van der Waals surface area contributed by atoms with Crippen LogP contribution in [0.1, 0.15) is 23.0 Å². The molecular formula is C15H18N2O4. The molecule has 112 valence electrons. The molecule has 0 radical (unpaired) electrons. The van der Waals surface area contributed by atoms with Gasteiger partial charge in [0.2, 0.25) is 0 Å². The first-order chi connectivity index (χ1) is 10.1. The lowest BCUT2D eigenvalue weighted by molar-refractivity contribution is 0.102. The van der Waals surface area contributed by atoms with Crippen molar-refractivity contribution in [3.8, 4) is 11.5 Å². The molecule has 1 heterocycles. The SMILES string of the molecule is CCc1occc1C(=O)Nc1cc(OC)c(OC)cc1N. The van der Waals surface area contributed by atoms with Crippen LogP contribution in [0.15, 0.2) is 28.9 Å². The summed E-state index contributed by atoms with van der Waals surface area (Å²) < 4.78 is 15.6. The smallest absolute Gasteiger partial charge is 0.259 e. The van der Waals surface area contributed by atoms with Gasteiger partial charge in [-0.1, -0.05) is 6.92 Å². The highest BCUT2D eigenvalue weighted by Gasteiger charge is 2.16. The molecule has 6 nitrogen and oxygen atoms in total. The van der Waals surface area contributed by atoms with Crippen LogP contribution in [0.3, 0.4) is 0 Å². The summed E-state index contributed by atoms with van der Waals surface area (Å²) in [5.74, 6) is 1.35. The monoisotopic (exact) mass is 290 g/mol. The van der Waals surface area contributed by atoms with Crippen LogP contribution in [0.2, 0.25) is 0 Å². The third-order valence-electron chi connectivity index (χ3n) is 3.12. The Balaban J connectivity index is 2.29. The number of nitrogens with one attached hydrogen (secondary N) is 1. The number of hydrogen-bond donors (Lipinski definition) is 2. The van der Waals surface area contributed by atoms with Crippen LogP contribution in [0.4, 0.5) is 11.4 Å². The maximum absolute atomic E-state index is 12.3. The fraction of sp³-hybridized carbons (Fsp3) is 0.267. The summed E-state index contributed by atoms with van der Waals surface area (Å²) >= 11 is 0. The molecule has 0 spiro atoms. The predicted molar refractivity (Wildman–Crippen MR) is 80.0 cm³/mol. The summed E-state index contributed by atoms with van der Waals surface area (Å²) in [6.07, 6.45) is 2.13. The van der Waals surface area contributed by atoms with E-state index in [1.807, 2.05) is 6.92 Å².